The standard InChI is InChI=1S/C20H21BrClN3O4S/c1-2-3-10-28-16-7-5-4-6-14(16)19(27)23-20(30)25-24-18(26)12-29-17-9-8-13(22)11-15(17)21/h4-9,11H,2-3,10,12H2,1H3,(H,24,26)(H2,23,25,27,30). The Morgan fingerprint density at radius 3 is 2.60 bits per heavy atom. The quantitative estimate of drug-likeness (QED) is 0.280. The summed E-state index contributed by atoms with van der Waals surface area (Å²) in [7, 11) is 0. The van der Waals surface area contributed by atoms with Gasteiger partial charge in [-0.2, -0.15) is 0 Å². The Morgan fingerprint density at radius 1 is 1.10 bits per heavy atom. The fourth-order valence-corrected chi connectivity index (χ4v) is 3.15. The zero-order chi connectivity index (χ0) is 21.9. The third-order valence-electron chi connectivity index (χ3n) is 3.68. The number of benzene rings is 2. The molecule has 0 saturated carbocycles. The number of para-hydroxylation sites is 1. The number of nitrogens with one attached hydrogen (secondary N) is 3. The molecule has 2 amide bonds. The summed E-state index contributed by atoms with van der Waals surface area (Å²) in [5.41, 5.74) is 5.16. The van der Waals surface area contributed by atoms with Crippen LogP contribution in [0.2, 0.25) is 5.02 Å². The van der Waals surface area contributed by atoms with E-state index >= 15 is 0 Å². The largest absolute Gasteiger partial charge is 0.493 e. The first-order valence-electron chi connectivity index (χ1n) is 9.10. The predicted octanol–water partition coefficient (Wildman–Crippen LogP) is 4.00. The van der Waals surface area contributed by atoms with E-state index in [1.807, 2.05) is 0 Å². The normalized spacial score (nSPS) is 10.1. The molecule has 7 nitrogen and oxygen atoms in total. The third-order valence-corrected chi connectivity index (χ3v) is 4.74. The molecule has 0 aliphatic carbocycles. The highest BCUT2D eigenvalue weighted by Gasteiger charge is 2.14. The monoisotopic (exact) mass is 513 g/mol. The summed E-state index contributed by atoms with van der Waals surface area (Å²) in [6, 6.07) is 11.8. The van der Waals surface area contributed by atoms with E-state index in [2.05, 4.69) is 39.0 Å². The topological polar surface area (TPSA) is 88.7 Å². The second-order valence-corrected chi connectivity index (χ2v) is 7.72. The van der Waals surface area contributed by atoms with Crippen LogP contribution in [0.15, 0.2) is 46.9 Å². The molecule has 0 heterocycles. The highest BCUT2D eigenvalue weighted by molar-refractivity contribution is 9.10. The summed E-state index contributed by atoms with van der Waals surface area (Å²) in [5, 5.41) is 2.97. The lowest BCUT2D eigenvalue weighted by molar-refractivity contribution is -0.123. The van der Waals surface area contributed by atoms with E-state index in [1.165, 1.54) is 0 Å². The molecule has 2 rings (SSSR count). The number of rotatable bonds is 8. The Kier molecular flexibility index (Phi) is 9.85. The van der Waals surface area contributed by atoms with E-state index in [0.29, 0.717) is 33.2 Å². The lowest BCUT2D eigenvalue weighted by atomic mass is 10.2. The van der Waals surface area contributed by atoms with E-state index in [4.69, 9.17) is 33.3 Å². The fourth-order valence-electron chi connectivity index (χ4n) is 2.21. The van der Waals surface area contributed by atoms with Crippen molar-refractivity contribution in [3.8, 4) is 11.5 Å². The zero-order valence-corrected chi connectivity index (χ0v) is 19.3. The third kappa shape index (κ3) is 7.81. The Morgan fingerprint density at radius 2 is 1.87 bits per heavy atom. The van der Waals surface area contributed by atoms with Crippen LogP contribution >= 0.6 is 39.7 Å². The van der Waals surface area contributed by atoms with Crippen molar-refractivity contribution in [3.63, 3.8) is 0 Å². The molecule has 0 radical (unpaired) electrons. The van der Waals surface area contributed by atoms with Gasteiger partial charge in [0.15, 0.2) is 11.7 Å². The minimum atomic E-state index is -0.489. The molecule has 0 aromatic heterocycles. The highest BCUT2D eigenvalue weighted by atomic mass is 79.9. The maximum atomic E-state index is 12.5. The molecular weight excluding hydrogens is 494 g/mol. The number of ether oxygens (including phenoxy) is 2. The first-order chi connectivity index (χ1) is 14.4. The Balaban J connectivity index is 1.80. The fraction of sp³-hybridized carbons (Fsp3) is 0.250. The van der Waals surface area contributed by atoms with Crippen LogP contribution in [-0.2, 0) is 4.79 Å². The van der Waals surface area contributed by atoms with Gasteiger partial charge in [-0.1, -0.05) is 37.1 Å². The van der Waals surface area contributed by atoms with Crippen LogP contribution in [0.1, 0.15) is 30.1 Å². The second kappa shape index (κ2) is 12.4. The van der Waals surface area contributed by atoms with Crippen molar-refractivity contribution in [2.75, 3.05) is 13.2 Å². The van der Waals surface area contributed by atoms with Gasteiger partial charge in [-0.25, -0.2) is 0 Å². The number of halogens is 2. The smallest absolute Gasteiger partial charge is 0.276 e. The van der Waals surface area contributed by atoms with E-state index in [-0.39, 0.29) is 11.7 Å². The molecule has 0 spiro atoms. The maximum Gasteiger partial charge on any atom is 0.276 e. The van der Waals surface area contributed by atoms with Crippen LogP contribution in [0, 0.1) is 0 Å². The predicted molar refractivity (Wildman–Crippen MR) is 123 cm³/mol. The minimum Gasteiger partial charge on any atom is -0.493 e. The van der Waals surface area contributed by atoms with Crippen LogP contribution in [0.25, 0.3) is 0 Å². The molecule has 0 fully saturated rings. The molecule has 0 aliphatic rings. The summed E-state index contributed by atoms with van der Waals surface area (Å²) < 4.78 is 11.7. The van der Waals surface area contributed by atoms with Gasteiger partial charge < -0.3 is 9.47 Å². The molecule has 0 aliphatic heterocycles. The molecule has 0 saturated heterocycles. The molecular formula is C20H21BrClN3O4S. The van der Waals surface area contributed by atoms with Gasteiger partial charge in [0.1, 0.15) is 11.5 Å². The van der Waals surface area contributed by atoms with Gasteiger partial charge in [-0.15, -0.1) is 0 Å². The van der Waals surface area contributed by atoms with Crippen LogP contribution in [-0.4, -0.2) is 30.1 Å². The van der Waals surface area contributed by atoms with Crippen LogP contribution in [0.5, 0.6) is 11.5 Å². The minimum absolute atomic E-state index is 0.0654. The van der Waals surface area contributed by atoms with Gasteiger partial charge in [0.05, 0.1) is 16.6 Å². The second-order valence-electron chi connectivity index (χ2n) is 6.02. The Labute approximate surface area is 193 Å². The van der Waals surface area contributed by atoms with Gasteiger partial charge in [0, 0.05) is 5.02 Å². The van der Waals surface area contributed by atoms with Crippen molar-refractivity contribution < 1.29 is 19.1 Å². The van der Waals surface area contributed by atoms with Crippen molar-refractivity contribution in [2.45, 2.75) is 19.8 Å². The molecule has 30 heavy (non-hydrogen) atoms. The van der Waals surface area contributed by atoms with Gasteiger partial charge in [-0.05, 0) is 64.9 Å². The van der Waals surface area contributed by atoms with Crippen LogP contribution < -0.4 is 25.6 Å². The number of amides is 2. The van der Waals surface area contributed by atoms with Crippen LogP contribution in [0.3, 0.4) is 0 Å². The van der Waals surface area contributed by atoms with E-state index in [9.17, 15) is 9.59 Å². The Bertz CT molecular complexity index is 913. The summed E-state index contributed by atoms with van der Waals surface area (Å²) in [5.74, 6) is -0.00530. The molecule has 3 N–H and O–H groups in total. The Hall–Kier alpha value is -2.36. The molecule has 0 bridgehead atoms. The number of carbonyl (C=O) groups is 2. The van der Waals surface area contributed by atoms with Crippen molar-refractivity contribution in [1.29, 1.82) is 0 Å². The van der Waals surface area contributed by atoms with Crippen molar-refractivity contribution in [1.82, 2.24) is 16.2 Å². The first kappa shape index (κ1) is 23.9. The van der Waals surface area contributed by atoms with E-state index in [1.54, 1.807) is 42.5 Å². The number of carbonyl (C=O) groups excluding carboxylic acids is 2. The van der Waals surface area contributed by atoms with Crippen molar-refractivity contribution >= 4 is 56.7 Å². The van der Waals surface area contributed by atoms with Gasteiger partial charge >= 0.3 is 0 Å². The van der Waals surface area contributed by atoms with E-state index < -0.39 is 11.8 Å². The van der Waals surface area contributed by atoms with Crippen molar-refractivity contribution in [3.05, 3.63) is 57.5 Å². The number of hydrogen-bond donors (Lipinski definition) is 3. The molecule has 10 heteroatoms. The summed E-state index contributed by atoms with van der Waals surface area (Å²) in [6.07, 6.45) is 1.87. The molecule has 2 aromatic carbocycles. The number of hydrazine groups is 1. The van der Waals surface area contributed by atoms with Gasteiger partial charge in [0.25, 0.3) is 11.8 Å². The van der Waals surface area contributed by atoms with E-state index in [0.717, 1.165) is 12.8 Å². The lowest BCUT2D eigenvalue weighted by Crippen LogP contribution is -2.49. The molecule has 2 aromatic rings. The van der Waals surface area contributed by atoms with Crippen LogP contribution in [0.4, 0.5) is 0 Å². The zero-order valence-electron chi connectivity index (χ0n) is 16.2. The number of thiocarbonyl (C=S) groups is 1. The molecule has 160 valence electrons. The lowest BCUT2D eigenvalue weighted by Gasteiger charge is -2.14. The average Bonchev–Trinajstić information content (AvgIpc) is 2.72. The summed E-state index contributed by atoms with van der Waals surface area (Å²) in [6.45, 7) is 2.31. The molecule has 0 atom stereocenters. The number of unbranched alkanes of at least 4 members (excludes halogenated alkanes) is 1. The highest BCUT2D eigenvalue weighted by Crippen LogP contribution is 2.27. The summed E-state index contributed by atoms with van der Waals surface area (Å²) in [4.78, 5) is 24.4. The van der Waals surface area contributed by atoms with Crippen molar-refractivity contribution in [2.24, 2.45) is 0 Å². The maximum absolute atomic E-state index is 12.5. The summed E-state index contributed by atoms with van der Waals surface area (Å²) >= 11 is 14.2. The number of hydrogen-bond acceptors (Lipinski definition) is 5. The van der Waals surface area contributed by atoms with Gasteiger partial charge in [0.2, 0.25) is 0 Å². The SMILES string of the molecule is CCCCOc1ccccc1C(=O)NC(=S)NNC(=O)COc1ccc(Cl)cc1Br. The van der Waals surface area contributed by atoms with Gasteiger partial charge in [-0.3, -0.25) is 25.8 Å². The molecule has 0 unspecified atom stereocenters. The average molecular weight is 515 g/mol. The first-order valence-corrected chi connectivity index (χ1v) is 10.7.